The highest BCUT2D eigenvalue weighted by Gasteiger charge is 2.23. The van der Waals surface area contributed by atoms with Gasteiger partial charge in [0.25, 0.3) is 5.91 Å². The van der Waals surface area contributed by atoms with Crippen LogP contribution in [0.2, 0.25) is 0 Å². The van der Waals surface area contributed by atoms with E-state index in [4.69, 9.17) is 9.84 Å². The summed E-state index contributed by atoms with van der Waals surface area (Å²) < 4.78 is 5.08. The molecule has 0 aromatic heterocycles. The van der Waals surface area contributed by atoms with Gasteiger partial charge in [0.1, 0.15) is 0 Å². The van der Waals surface area contributed by atoms with E-state index in [0.717, 1.165) is 37.1 Å². The maximum Gasteiger partial charge on any atom is 0.253 e. The summed E-state index contributed by atoms with van der Waals surface area (Å²) in [6, 6.07) is 7.59. The summed E-state index contributed by atoms with van der Waals surface area (Å²) in [5.41, 5.74) is 1.73. The van der Waals surface area contributed by atoms with Gasteiger partial charge in [-0.15, -0.1) is 0 Å². The van der Waals surface area contributed by atoms with Crippen LogP contribution in [-0.4, -0.2) is 42.7 Å². The standard InChI is InChI=1S/C15H21NO3/c1-19-11-13-3-2-4-14(9-13)15(18)16-7-5-12(10-17)6-8-16/h2-4,9,12,17H,5-8,10-11H2,1H3. The van der Waals surface area contributed by atoms with Gasteiger partial charge in [0.05, 0.1) is 6.61 Å². The molecule has 0 bridgehead atoms. The molecule has 0 saturated carbocycles. The number of carbonyl (C=O) groups excluding carboxylic acids is 1. The topological polar surface area (TPSA) is 49.8 Å². The monoisotopic (exact) mass is 263 g/mol. The zero-order chi connectivity index (χ0) is 13.7. The van der Waals surface area contributed by atoms with Gasteiger partial charge < -0.3 is 14.7 Å². The van der Waals surface area contributed by atoms with Crippen LogP contribution in [-0.2, 0) is 11.3 Å². The molecule has 1 saturated heterocycles. The minimum absolute atomic E-state index is 0.0781. The van der Waals surface area contributed by atoms with Crippen LogP contribution in [0.3, 0.4) is 0 Å². The van der Waals surface area contributed by atoms with E-state index in [1.807, 2.05) is 29.2 Å². The molecule has 0 unspecified atom stereocenters. The molecule has 1 N–H and O–H groups in total. The largest absolute Gasteiger partial charge is 0.396 e. The fourth-order valence-electron chi connectivity index (χ4n) is 2.46. The fraction of sp³-hybridized carbons (Fsp3) is 0.533. The van der Waals surface area contributed by atoms with Gasteiger partial charge >= 0.3 is 0 Å². The van der Waals surface area contributed by atoms with Gasteiger partial charge in [-0.3, -0.25) is 4.79 Å². The predicted octanol–water partition coefficient (Wildman–Crippen LogP) is 1.68. The molecule has 0 spiro atoms. The SMILES string of the molecule is COCc1cccc(C(=O)N2CCC(CO)CC2)c1. The molecular formula is C15H21NO3. The van der Waals surface area contributed by atoms with E-state index >= 15 is 0 Å². The second-order valence-corrected chi connectivity index (χ2v) is 5.05. The van der Waals surface area contributed by atoms with Crippen molar-refractivity contribution >= 4 is 5.91 Å². The van der Waals surface area contributed by atoms with E-state index in [9.17, 15) is 4.79 Å². The Morgan fingerprint density at radius 1 is 1.42 bits per heavy atom. The number of amides is 1. The average Bonchev–Trinajstić information content (AvgIpc) is 2.47. The number of nitrogens with zero attached hydrogens (tertiary/aromatic N) is 1. The van der Waals surface area contributed by atoms with Crippen LogP contribution in [0.15, 0.2) is 24.3 Å². The van der Waals surface area contributed by atoms with Crippen LogP contribution in [0.1, 0.15) is 28.8 Å². The summed E-state index contributed by atoms with van der Waals surface area (Å²) in [6.07, 6.45) is 1.78. The Morgan fingerprint density at radius 2 is 2.16 bits per heavy atom. The van der Waals surface area contributed by atoms with Gasteiger partial charge in [0, 0.05) is 32.4 Å². The number of hydrogen-bond donors (Lipinski definition) is 1. The van der Waals surface area contributed by atoms with Crippen molar-refractivity contribution in [1.29, 1.82) is 0 Å². The van der Waals surface area contributed by atoms with Gasteiger partial charge in [-0.25, -0.2) is 0 Å². The lowest BCUT2D eigenvalue weighted by Crippen LogP contribution is -2.39. The second-order valence-electron chi connectivity index (χ2n) is 5.05. The van der Waals surface area contributed by atoms with Crippen molar-refractivity contribution < 1.29 is 14.6 Å². The molecule has 0 radical (unpaired) electrons. The third-order valence-corrected chi connectivity index (χ3v) is 3.64. The molecule has 1 fully saturated rings. The Bertz CT molecular complexity index is 425. The van der Waals surface area contributed by atoms with Crippen molar-refractivity contribution in [3.8, 4) is 0 Å². The number of carbonyl (C=O) groups is 1. The van der Waals surface area contributed by atoms with E-state index in [1.165, 1.54) is 0 Å². The molecule has 0 atom stereocenters. The van der Waals surface area contributed by atoms with Crippen molar-refractivity contribution in [2.45, 2.75) is 19.4 Å². The van der Waals surface area contributed by atoms with Gasteiger partial charge in [-0.05, 0) is 36.5 Å². The molecule has 1 aliphatic rings. The lowest BCUT2D eigenvalue weighted by molar-refractivity contribution is 0.0650. The van der Waals surface area contributed by atoms with Gasteiger partial charge in [-0.2, -0.15) is 0 Å². The number of aliphatic hydroxyl groups excluding tert-OH is 1. The summed E-state index contributed by atoms with van der Waals surface area (Å²) in [5, 5.41) is 9.11. The number of rotatable bonds is 4. The molecule has 1 heterocycles. The molecule has 1 amide bonds. The van der Waals surface area contributed by atoms with Gasteiger partial charge in [-0.1, -0.05) is 12.1 Å². The lowest BCUT2D eigenvalue weighted by Gasteiger charge is -2.31. The van der Waals surface area contributed by atoms with Crippen LogP contribution >= 0.6 is 0 Å². The van der Waals surface area contributed by atoms with E-state index in [1.54, 1.807) is 7.11 Å². The summed E-state index contributed by atoms with van der Waals surface area (Å²) in [7, 11) is 1.65. The number of hydrogen-bond acceptors (Lipinski definition) is 3. The molecule has 4 nitrogen and oxygen atoms in total. The number of ether oxygens (including phenoxy) is 1. The van der Waals surface area contributed by atoms with E-state index in [2.05, 4.69) is 0 Å². The molecule has 1 aromatic carbocycles. The number of aliphatic hydroxyl groups is 1. The van der Waals surface area contributed by atoms with E-state index < -0.39 is 0 Å². The Hall–Kier alpha value is -1.39. The van der Waals surface area contributed by atoms with Gasteiger partial charge in [0.15, 0.2) is 0 Å². The van der Waals surface area contributed by atoms with Crippen LogP contribution in [0.4, 0.5) is 0 Å². The Morgan fingerprint density at radius 3 is 2.79 bits per heavy atom. The van der Waals surface area contributed by atoms with Crippen molar-refractivity contribution in [2.24, 2.45) is 5.92 Å². The van der Waals surface area contributed by atoms with Crippen molar-refractivity contribution in [3.05, 3.63) is 35.4 Å². The quantitative estimate of drug-likeness (QED) is 0.899. The Kier molecular flexibility index (Phi) is 4.93. The Labute approximate surface area is 114 Å². The zero-order valence-electron chi connectivity index (χ0n) is 11.3. The molecule has 0 aliphatic carbocycles. The lowest BCUT2D eigenvalue weighted by atomic mass is 9.97. The normalized spacial score (nSPS) is 16.6. The molecule has 4 heteroatoms. The first-order valence-corrected chi connectivity index (χ1v) is 6.72. The molecule has 19 heavy (non-hydrogen) atoms. The number of piperidine rings is 1. The summed E-state index contributed by atoms with van der Waals surface area (Å²) in [4.78, 5) is 14.2. The number of benzene rings is 1. The average molecular weight is 263 g/mol. The highest BCUT2D eigenvalue weighted by molar-refractivity contribution is 5.94. The summed E-state index contributed by atoms with van der Waals surface area (Å²) >= 11 is 0. The minimum Gasteiger partial charge on any atom is -0.396 e. The Balaban J connectivity index is 2.01. The third kappa shape index (κ3) is 3.55. The zero-order valence-corrected chi connectivity index (χ0v) is 11.3. The molecule has 2 rings (SSSR count). The van der Waals surface area contributed by atoms with E-state index in [0.29, 0.717) is 12.5 Å². The molecule has 1 aromatic rings. The minimum atomic E-state index is 0.0781. The van der Waals surface area contributed by atoms with Crippen molar-refractivity contribution in [3.63, 3.8) is 0 Å². The van der Waals surface area contributed by atoms with Crippen molar-refractivity contribution in [1.82, 2.24) is 4.90 Å². The van der Waals surface area contributed by atoms with Crippen molar-refractivity contribution in [2.75, 3.05) is 26.8 Å². The molecule has 104 valence electrons. The summed E-state index contributed by atoms with van der Waals surface area (Å²) in [6.45, 7) is 2.22. The number of methoxy groups -OCH3 is 1. The van der Waals surface area contributed by atoms with Crippen LogP contribution < -0.4 is 0 Å². The van der Waals surface area contributed by atoms with E-state index in [-0.39, 0.29) is 12.5 Å². The molecular weight excluding hydrogens is 242 g/mol. The summed E-state index contributed by atoms with van der Waals surface area (Å²) in [5.74, 6) is 0.429. The van der Waals surface area contributed by atoms with Crippen LogP contribution in [0.5, 0.6) is 0 Å². The highest BCUT2D eigenvalue weighted by atomic mass is 16.5. The molecule has 1 aliphatic heterocycles. The second kappa shape index (κ2) is 6.68. The predicted molar refractivity (Wildman–Crippen MR) is 72.9 cm³/mol. The third-order valence-electron chi connectivity index (χ3n) is 3.64. The maximum atomic E-state index is 12.4. The van der Waals surface area contributed by atoms with Gasteiger partial charge in [0.2, 0.25) is 0 Å². The first kappa shape index (κ1) is 14.0. The first-order valence-electron chi connectivity index (χ1n) is 6.72. The smallest absolute Gasteiger partial charge is 0.253 e. The fourth-order valence-corrected chi connectivity index (χ4v) is 2.46. The highest BCUT2D eigenvalue weighted by Crippen LogP contribution is 2.19. The number of likely N-dealkylation sites (tertiary alicyclic amines) is 1. The van der Waals surface area contributed by atoms with Crippen LogP contribution in [0, 0.1) is 5.92 Å². The van der Waals surface area contributed by atoms with Crippen LogP contribution in [0.25, 0.3) is 0 Å². The first-order chi connectivity index (χ1) is 9.24. The maximum absolute atomic E-state index is 12.4.